The maximum absolute atomic E-state index is 11.9. The predicted molar refractivity (Wildman–Crippen MR) is 85.3 cm³/mol. The van der Waals surface area contributed by atoms with Gasteiger partial charge in [0.1, 0.15) is 0 Å². The molecule has 0 heterocycles. The molecule has 0 saturated carbocycles. The van der Waals surface area contributed by atoms with Gasteiger partial charge in [-0.15, -0.1) is 0 Å². The molecule has 0 saturated heterocycles. The third kappa shape index (κ3) is 3.71. The Balaban J connectivity index is 2.10. The van der Waals surface area contributed by atoms with Gasteiger partial charge in [-0.05, 0) is 62.2 Å². The molecule has 98 valence electrons. The van der Waals surface area contributed by atoms with E-state index in [1.807, 2.05) is 18.2 Å². The fraction of sp³-hybridized carbons (Fsp3) is 0. The van der Waals surface area contributed by atoms with Crippen LogP contribution in [0.3, 0.4) is 0 Å². The van der Waals surface area contributed by atoms with E-state index in [0.29, 0.717) is 17.1 Å². The molecule has 0 unspecified atom stereocenters. The predicted octanol–water partition coefficient (Wildman–Crippen LogP) is 4.44. The van der Waals surface area contributed by atoms with E-state index in [4.69, 9.17) is 5.73 Å². The zero-order chi connectivity index (χ0) is 13.8. The van der Waals surface area contributed by atoms with Gasteiger partial charge in [-0.25, -0.2) is 4.79 Å². The highest BCUT2D eigenvalue weighted by Gasteiger charge is 2.08. The van der Waals surface area contributed by atoms with E-state index >= 15 is 0 Å². The molecule has 0 fully saturated rings. The van der Waals surface area contributed by atoms with Crippen molar-refractivity contribution < 1.29 is 4.79 Å². The fourth-order valence-electron chi connectivity index (χ4n) is 1.51. The number of amides is 2. The van der Waals surface area contributed by atoms with E-state index in [-0.39, 0.29) is 6.03 Å². The molecule has 6 heteroatoms. The Morgan fingerprint density at radius 2 is 1.63 bits per heavy atom. The van der Waals surface area contributed by atoms with E-state index in [2.05, 4.69) is 42.5 Å². The summed E-state index contributed by atoms with van der Waals surface area (Å²) in [5.74, 6) is 0. The fourth-order valence-corrected chi connectivity index (χ4v) is 2.71. The second-order valence-electron chi connectivity index (χ2n) is 3.80. The second kappa shape index (κ2) is 6.08. The number of hydrogen-bond donors (Lipinski definition) is 3. The molecule has 2 amide bonds. The number of carbonyl (C=O) groups excluding carboxylic acids is 1. The molecule has 0 aliphatic carbocycles. The van der Waals surface area contributed by atoms with Crippen LogP contribution < -0.4 is 16.4 Å². The Labute approximate surface area is 127 Å². The number of urea groups is 1. The summed E-state index contributed by atoms with van der Waals surface area (Å²) in [6.45, 7) is 0. The SMILES string of the molecule is Nc1cccc(NC(=O)Nc2c(Br)cccc2Br)c1. The average molecular weight is 385 g/mol. The van der Waals surface area contributed by atoms with Crippen LogP contribution in [0.1, 0.15) is 0 Å². The molecule has 19 heavy (non-hydrogen) atoms. The first kappa shape index (κ1) is 13.9. The topological polar surface area (TPSA) is 67.1 Å². The zero-order valence-electron chi connectivity index (χ0n) is 9.78. The van der Waals surface area contributed by atoms with E-state index in [1.54, 1.807) is 24.3 Å². The Morgan fingerprint density at radius 3 is 2.26 bits per heavy atom. The Hall–Kier alpha value is -1.53. The largest absolute Gasteiger partial charge is 0.399 e. The van der Waals surface area contributed by atoms with Crippen LogP contribution in [0.15, 0.2) is 51.4 Å². The molecule has 0 radical (unpaired) electrons. The van der Waals surface area contributed by atoms with Crippen molar-refractivity contribution in [2.75, 3.05) is 16.4 Å². The third-order valence-corrected chi connectivity index (χ3v) is 3.67. The molecule has 0 atom stereocenters. The number of nitrogens with one attached hydrogen (secondary N) is 2. The highest BCUT2D eigenvalue weighted by molar-refractivity contribution is 9.11. The highest BCUT2D eigenvalue weighted by Crippen LogP contribution is 2.30. The van der Waals surface area contributed by atoms with Gasteiger partial charge >= 0.3 is 6.03 Å². The van der Waals surface area contributed by atoms with E-state index in [1.165, 1.54) is 0 Å². The Bertz CT molecular complexity index is 596. The van der Waals surface area contributed by atoms with Gasteiger partial charge in [0, 0.05) is 20.3 Å². The number of carbonyl (C=O) groups is 1. The molecule has 0 aromatic heterocycles. The highest BCUT2D eigenvalue weighted by atomic mass is 79.9. The molecule has 0 spiro atoms. The first-order chi connectivity index (χ1) is 9.06. The van der Waals surface area contributed by atoms with Crippen molar-refractivity contribution in [2.45, 2.75) is 0 Å². The molecule has 4 nitrogen and oxygen atoms in total. The van der Waals surface area contributed by atoms with Gasteiger partial charge < -0.3 is 16.4 Å². The van der Waals surface area contributed by atoms with Crippen molar-refractivity contribution in [2.24, 2.45) is 0 Å². The summed E-state index contributed by atoms with van der Waals surface area (Å²) in [6.07, 6.45) is 0. The molecule has 0 aliphatic heterocycles. The molecule has 0 bridgehead atoms. The van der Waals surface area contributed by atoms with Gasteiger partial charge in [0.15, 0.2) is 0 Å². The van der Waals surface area contributed by atoms with Crippen LogP contribution in [-0.4, -0.2) is 6.03 Å². The maximum atomic E-state index is 11.9. The second-order valence-corrected chi connectivity index (χ2v) is 5.51. The maximum Gasteiger partial charge on any atom is 0.323 e. The van der Waals surface area contributed by atoms with E-state index in [9.17, 15) is 4.79 Å². The number of halogens is 2. The van der Waals surface area contributed by atoms with Crippen molar-refractivity contribution in [1.82, 2.24) is 0 Å². The van der Waals surface area contributed by atoms with Crippen LogP contribution in [0.25, 0.3) is 0 Å². The number of hydrogen-bond acceptors (Lipinski definition) is 2. The number of nitrogen functional groups attached to an aromatic ring is 1. The van der Waals surface area contributed by atoms with Crippen LogP contribution in [0, 0.1) is 0 Å². The number of para-hydroxylation sites is 1. The summed E-state index contributed by atoms with van der Waals surface area (Å²) in [4.78, 5) is 11.9. The first-order valence-corrected chi connectivity index (χ1v) is 7.02. The summed E-state index contributed by atoms with van der Waals surface area (Å²) in [5.41, 5.74) is 7.56. The third-order valence-electron chi connectivity index (χ3n) is 2.35. The summed E-state index contributed by atoms with van der Waals surface area (Å²) in [5, 5.41) is 5.48. The molecule has 2 aromatic rings. The molecule has 2 aromatic carbocycles. The Kier molecular flexibility index (Phi) is 4.44. The normalized spacial score (nSPS) is 10.0. The standard InChI is InChI=1S/C13H11Br2N3O/c14-10-5-2-6-11(15)12(10)18-13(19)17-9-4-1-3-8(16)7-9/h1-7H,16H2,(H2,17,18,19). The lowest BCUT2D eigenvalue weighted by Gasteiger charge is -2.11. The minimum absolute atomic E-state index is 0.335. The average Bonchev–Trinajstić information content (AvgIpc) is 2.34. The van der Waals surface area contributed by atoms with Gasteiger partial charge in [0.25, 0.3) is 0 Å². The van der Waals surface area contributed by atoms with Gasteiger partial charge in [-0.2, -0.15) is 0 Å². The van der Waals surface area contributed by atoms with Crippen molar-refractivity contribution in [1.29, 1.82) is 0 Å². The van der Waals surface area contributed by atoms with Crippen molar-refractivity contribution >= 4 is 55.0 Å². The lowest BCUT2D eigenvalue weighted by atomic mass is 10.3. The molecule has 4 N–H and O–H groups in total. The van der Waals surface area contributed by atoms with Gasteiger partial charge in [-0.3, -0.25) is 0 Å². The summed E-state index contributed by atoms with van der Waals surface area (Å²) in [6, 6.07) is 12.2. The first-order valence-electron chi connectivity index (χ1n) is 5.44. The molecular weight excluding hydrogens is 374 g/mol. The monoisotopic (exact) mass is 383 g/mol. The van der Waals surface area contributed by atoms with Gasteiger partial charge in [0.05, 0.1) is 5.69 Å². The minimum atomic E-state index is -0.335. The number of nitrogens with two attached hydrogens (primary N) is 1. The summed E-state index contributed by atoms with van der Waals surface area (Å²) >= 11 is 6.76. The minimum Gasteiger partial charge on any atom is -0.399 e. The van der Waals surface area contributed by atoms with Crippen molar-refractivity contribution in [3.63, 3.8) is 0 Å². The van der Waals surface area contributed by atoms with Crippen LogP contribution in [0.2, 0.25) is 0 Å². The van der Waals surface area contributed by atoms with Gasteiger partial charge in [-0.1, -0.05) is 12.1 Å². The molecule has 0 aliphatic rings. The van der Waals surface area contributed by atoms with Crippen LogP contribution >= 0.6 is 31.9 Å². The van der Waals surface area contributed by atoms with Crippen LogP contribution in [0.4, 0.5) is 21.9 Å². The number of benzene rings is 2. The smallest absolute Gasteiger partial charge is 0.323 e. The van der Waals surface area contributed by atoms with Crippen LogP contribution in [-0.2, 0) is 0 Å². The van der Waals surface area contributed by atoms with Crippen molar-refractivity contribution in [3.05, 3.63) is 51.4 Å². The van der Waals surface area contributed by atoms with E-state index in [0.717, 1.165) is 8.95 Å². The lowest BCUT2D eigenvalue weighted by molar-refractivity contribution is 0.262. The quantitative estimate of drug-likeness (QED) is 0.670. The lowest BCUT2D eigenvalue weighted by Crippen LogP contribution is -2.20. The number of anilines is 3. The van der Waals surface area contributed by atoms with Gasteiger partial charge in [0.2, 0.25) is 0 Å². The van der Waals surface area contributed by atoms with Crippen molar-refractivity contribution in [3.8, 4) is 0 Å². The zero-order valence-corrected chi connectivity index (χ0v) is 13.0. The number of rotatable bonds is 2. The summed E-state index contributed by atoms with van der Waals surface area (Å²) in [7, 11) is 0. The molecule has 2 rings (SSSR count). The van der Waals surface area contributed by atoms with Crippen LogP contribution in [0.5, 0.6) is 0 Å². The van der Waals surface area contributed by atoms with E-state index < -0.39 is 0 Å². The summed E-state index contributed by atoms with van der Waals surface area (Å²) < 4.78 is 1.59. The molecular formula is C13H11Br2N3O. The Morgan fingerprint density at radius 1 is 1.00 bits per heavy atom.